The molecule has 4 rings (SSSR count). The second kappa shape index (κ2) is 10.5. The lowest BCUT2D eigenvalue weighted by Gasteiger charge is -2.45. The predicted octanol–water partition coefficient (Wildman–Crippen LogP) is 5.01. The van der Waals surface area contributed by atoms with Gasteiger partial charge in [-0.25, -0.2) is 9.78 Å². The Morgan fingerprint density at radius 2 is 1.72 bits per heavy atom. The van der Waals surface area contributed by atoms with Crippen LogP contribution in [0.1, 0.15) is 44.2 Å². The lowest BCUT2D eigenvalue weighted by atomic mass is 9.67. The number of aromatic nitrogens is 1. The van der Waals surface area contributed by atoms with Gasteiger partial charge >= 0.3 is 11.9 Å². The number of rotatable bonds is 7. The lowest BCUT2D eigenvalue weighted by molar-refractivity contribution is -0.152. The third-order valence-corrected chi connectivity index (χ3v) is 7.58. The molecular formula is C28H31N3O4S. The first-order chi connectivity index (χ1) is 17.3. The zero-order valence-electron chi connectivity index (χ0n) is 20.9. The van der Waals surface area contributed by atoms with Crippen molar-refractivity contribution in [3.8, 4) is 11.3 Å². The number of para-hydroxylation sites is 1. The fourth-order valence-corrected chi connectivity index (χ4v) is 5.91. The Labute approximate surface area is 215 Å². The van der Waals surface area contributed by atoms with Gasteiger partial charge in [-0.2, -0.15) is 0 Å². The topological polar surface area (TPSA) is 104 Å². The molecule has 0 amide bonds. The van der Waals surface area contributed by atoms with Crippen molar-refractivity contribution in [2.75, 3.05) is 18.9 Å². The van der Waals surface area contributed by atoms with Crippen molar-refractivity contribution in [3.63, 3.8) is 0 Å². The predicted molar refractivity (Wildman–Crippen MR) is 141 cm³/mol. The van der Waals surface area contributed by atoms with Crippen LogP contribution in [0.25, 0.3) is 11.3 Å². The molecule has 0 spiro atoms. The van der Waals surface area contributed by atoms with Crippen LogP contribution in [0.4, 0.5) is 5.69 Å². The van der Waals surface area contributed by atoms with Crippen LogP contribution >= 0.6 is 11.3 Å². The molecule has 7 nitrogen and oxygen atoms in total. The molecule has 36 heavy (non-hydrogen) atoms. The second-order valence-electron chi connectivity index (χ2n) is 8.83. The number of nitrogen functional groups attached to an aromatic ring is 1. The molecule has 2 aromatic carbocycles. The van der Waals surface area contributed by atoms with Gasteiger partial charge in [-0.1, -0.05) is 48.5 Å². The van der Waals surface area contributed by atoms with E-state index < -0.39 is 29.3 Å². The molecule has 1 aliphatic heterocycles. The summed E-state index contributed by atoms with van der Waals surface area (Å²) >= 11 is 1.44. The van der Waals surface area contributed by atoms with Crippen molar-refractivity contribution >= 4 is 29.0 Å². The van der Waals surface area contributed by atoms with Crippen LogP contribution in [0.2, 0.25) is 0 Å². The van der Waals surface area contributed by atoms with Gasteiger partial charge in [0.25, 0.3) is 0 Å². The molecule has 3 aromatic rings. The van der Waals surface area contributed by atoms with Crippen LogP contribution in [-0.4, -0.2) is 30.1 Å². The van der Waals surface area contributed by atoms with E-state index in [1.165, 1.54) is 11.3 Å². The summed E-state index contributed by atoms with van der Waals surface area (Å²) in [6.45, 7) is 7.76. The molecule has 0 aliphatic carbocycles. The number of thiazole rings is 1. The molecule has 3 unspecified atom stereocenters. The SMILES string of the molecule is CCOC(=O)C1=C(C)NC(C)(c2nc(-c3ccccc3N)cs2)C(C(=O)OCC)C1c1ccccc1. The first-order valence-electron chi connectivity index (χ1n) is 12.0. The van der Waals surface area contributed by atoms with Crippen LogP contribution in [0.15, 0.2) is 71.2 Å². The Balaban J connectivity index is 1.92. The zero-order valence-corrected chi connectivity index (χ0v) is 21.7. The first-order valence-corrected chi connectivity index (χ1v) is 12.9. The van der Waals surface area contributed by atoms with Gasteiger partial charge < -0.3 is 20.5 Å². The van der Waals surface area contributed by atoms with Crippen LogP contribution in [0.5, 0.6) is 0 Å². The van der Waals surface area contributed by atoms with E-state index >= 15 is 0 Å². The molecule has 0 saturated heterocycles. The molecule has 3 atom stereocenters. The molecule has 1 aliphatic rings. The summed E-state index contributed by atoms with van der Waals surface area (Å²) in [7, 11) is 0. The molecule has 0 fully saturated rings. The van der Waals surface area contributed by atoms with Crippen molar-refractivity contribution in [2.45, 2.75) is 39.2 Å². The maximum absolute atomic E-state index is 13.7. The quantitative estimate of drug-likeness (QED) is 0.344. The number of ether oxygens (including phenoxy) is 2. The minimum atomic E-state index is -0.959. The number of esters is 2. The molecule has 0 bridgehead atoms. The second-order valence-corrected chi connectivity index (χ2v) is 9.69. The molecule has 0 radical (unpaired) electrons. The van der Waals surface area contributed by atoms with Crippen LogP contribution in [-0.2, 0) is 24.6 Å². The maximum Gasteiger partial charge on any atom is 0.336 e. The molecule has 2 heterocycles. The van der Waals surface area contributed by atoms with Crippen molar-refractivity contribution < 1.29 is 19.1 Å². The van der Waals surface area contributed by atoms with Gasteiger partial charge in [0, 0.05) is 28.2 Å². The molecular weight excluding hydrogens is 474 g/mol. The minimum Gasteiger partial charge on any atom is -0.466 e. The number of nitrogens with zero attached hydrogens (tertiary/aromatic N) is 1. The number of hydrogen-bond donors (Lipinski definition) is 2. The minimum absolute atomic E-state index is 0.216. The van der Waals surface area contributed by atoms with Gasteiger partial charge in [-0.3, -0.25) is 4.79 Å². The summed E-state index contributed by atoms with van der Waals surface area (Å²) in [5.74, 6) is -2.24. The average Bonchev–Trinajstić information content (AvgIpc) is 3.35. The van der Waals surface area contributed by atoms with Crippen molar-refractivity contribution in [3.05, 3.63) is 81.8 Å². The maximum atomic E-state index is 13.7. The Morgan fingerprint density at radius 1 is 1.06 bits per heavy atom. The summed E-state index contributed by atoms with van der Waals surface area (Å²) in [6, 6.07) is 17.1. The van der Waals surface area contributed by atoms with Gasteiger partial charge in [-0.15, -0.1) is 11.3 Å². The molecule has 1 aromatic heterocycles. The van der Waals surface area contributed by atoms with Gasteiger partial charge in [0.15, 0.2) is 0 Å². The van der Waals surface area contributed by atoms with Gasteiger partial charge in [-0.05, 0) is 39.3 Å². The van der Waals surface area contributed by atoms with Gasteiger partial charge in [0.1, 0.15) is 10.5 Å². The van der Waals surface area contributed by atoms with Gasteiger partial charge in [0.2, 0.25) is 0 Å². The van der Waals surface area contributed by atoms with E-state index in [0.29, 0.717) is 22.0 Å². The highest BCUT2D eigenvalue weighted by Crippen LogP contribution is 2.49. The number of benzene rings is 2. The highest BCUT2D eigenvalue weighted by Gasteiger charge is 2.54. The van der Waals surface area contributed by atoms with E-state index in [1.54, 1.807) is 13.8 Å². The zero-order chi connectivity index (χ0) is 25.9. The fourth-order valence-electron chi connectivity index (χ4n) is 4.93. The monoisotopic (exact) mass is 505 g/mol. The number of carbonyl (C=O) groups excluding carboxylic acids is 2. The van der Waals surface area contributed by atoms with E-state index in [-0.39, 0.29) is 13.2 Å². The van der Waals surface area contributed by atoms with E-state index in [9.17, 15) is 9.59 Å². The summed E-state index contributed by atoms with van der Waals surface area (Å²) < 4.78 is 11.0. The lowest BCUT2D eigenvalue weighted by Crippen LogP contribution is -2.55. The highest BCUT2D eigenvalue weighted by molar-refractivity contribution is 7.10. The summed E-state index contributed by atoms with van der Waals surface area (Å²) in [5, 5.41) is 6.10. The molecule has 3 N–H and O–H groups in total. The van der Waals surface area contributed by atoms with Crippen molar-refractivity contribution in [1.82, 2.24) is 10.3 Å². The standard InChI is InChI=1S/C28H31N3O4S/c1-5-34-25(32)22-17(3)31-28(4,27-30-21(16-36-27)19-14-10-11-15-20(19)29)24(26(33)35-6-2)23(22)18-12-8-7-9-13-18/h7-16,23-24,31H,5-6,29H2,1-4H3. The Bertz CT molecular complexity index is 1290. The number of hydrogen-bond acceptors (Lipinski definition) is 8. The summed E-state index contributed by atoms with van der Waals surface area (Å²) in [5.41, 5.74) is 9.31. The molecule has 0 saturated carbocycles. The summed E-state index contributed by atoms with van der Waals surface area (Å²) in [6.07, 6.45) is 0. The number of allylic oxidation sites excluding steroid dienone is 1. The molecule has 188 valence electrons. The third-order valence-electron chi connectivity index (χ3n) is 6.50. The third kappa shape index (κ3) is 4.60. The van der Waals surface area contributed by atoms with Crippen molar-refractivity contribution in [2.24, 2.45) is 5.92 Å². The van der Waals surface area contributed by atoms with Crippen LogP contribution in [0.3, 0.4) is 0 Å². The first kappa shape index (κ1) is 25.4. The fraction of sp³-hybridized carbons (Fsp3) is 0.321. The van der Waals surface area contributed by atoms with Crippen LogP contribution in [0, 0.1) is 5.92 Å². The number of anilines is 1. The van der Waals surface area contributed by atoms with Crippen LogP contribution < -0.4 is 11.1 Å². The smallest absolute Gasteiger partial charge is 0.336 e. The number of nitrogens with one attached hydrogen (secondary N) is 1. The van der Waals surface area contributed by atoms with Gasteiger partial charge in [0.05, 0.1) is 30.4 Å². The Hall–Kier alpha value is -3.65. The average molecular weight is 506 g/mol. The summed E-state index contributed by atoms with van der Waals surface area (Å²) in [4.78, 5) is 31.8. The van der Waals surface area contributed by atoms with E-state index in [0.717, 1.165) is 16.8 Å². The Kier molecular flexibility index (Phi) is 7.45. The van der Waals surface area contributed by atoms with E-state index in [4.69, 9.17) is 20.2 Å². The number of nitrogens with two attached hydrogens (primary N) is 1. The normalized spacial score (nSPS) is 21.6. The highest BCUT2D eigenvalue weighted by atomic mass is 32.1. The molecule has 8 heteroatoms. The van der Waals surface area contributed by atoms with E-state index in [1.807, 2.05) is 73.8 Å². The van der Waals surface area contributed by atoms with E-state index in [2.05, 4.69) is 5.32 Å². The van der Waals surface area contributed by atoms with Crippen molar-refractivity contribution in [1.29, 1.82) is 0 Å². The Morgan fingerprint density at radius 3 is 2.39 bits per heavy atom. The number of carbonyl (C=O) groups is 2. The largest absolute Gasteiger partial charge is 0.466 e.